The number of hydrogen-bond acceptors (Lipinski definition) is 8. The van der Waals surface area contributed by atoms with E-state index in [-0.39, 0.29) is 219 Å². The summed E-state index contributed by atoms with van der Waals surface area (Å²) in [7, 11) is -6.76. The summed E-state index contributed by atoms with van der Waals surface area (Å²) in [5, 5.41) is 33.2. The van der Waals surface area contributed by atoms with Crippen LogP contribution in [0.2, 0.25) is 0 Å². The van der Waals surface area contributed by atoms with E-state index in [4.69, 9.17) is 48.5 Å². The molecule has 10 nitrogen and oxygen atoms in total. The van der Waals surface area contributed by atoms with Crippen molar-refractivity contribution in [3.63, 3.8) is 0 Å². The van der Waals surface area contributed by atoms with Crippen LogP contribution in [0, 0.1) is 0 Å². The largest absolute Gasteiger partial charge is 1.00 e. The first-order valence-electron chi connectivity index (χ1n) is 3.47. The van der Waals surface area contributed by atoms with E-state index >= 15 is 0 Å². The van der Waals surface area contributed by atoms with Crippen LogP contribution in [0.15, 0.2) is 0 Å². The van der Waals surface area contributed by atoms with Gasteiger partial charge in [-0.1, -0.05) is 0 Å². The second-order valence-corrected chi connectivity index (χ2v) is 2.45. The Kier molecular flexibility index (Phi) is 141. The smallest absolute Gasteiger partial charge is 0.855 e. The molecule has 0 aromatic rings. The van der Waals surface area contributed by atoms with Gasteiger partial charge in [0.05, 0.1) is 13.2 Å². The molecule has 0 aromatic carbocycles. The van der Waals surface area contributed by atoms with Crippen molar-refractivity contribution in [2.24, 2.45) is 0 Å². The topological polar surface area (TPSA) is 207 Å². The van der Waals surface area contributed by atoms with Crippen LogP contribution in [-0.2, 0) is 8.92 Å². The summed E-state index contributed by atoms with van der Waals surface area (Å²) in [4.78, 5) is 31.4. The summed E-state index contributed by atoms with van der Waals surface area (Å²) >= 11 is 0. The van der Waals surface area contributed by atoms with E-state index in [9.17, 15) is 0 Å². The second-order valence-electron chi connectivity index (χ2n) is 1.39. The van der Waals surface area contributed by atoms with Gasteiger partial charge in [-0.2, -0.15) is 13.2 Å². The molecule has 0 saturated heterocycles. The van der Waals surface area contributed by atoms with Crippen LogP contribution < -0.4 is 225 Å². The zero-order valence-electron chi connectivity index (χ0n) is 12.1. The van der Waals surface area contributed by atoms with Crippen LogP contribution in [0.1, 0.15) is 0 Å². The molecule has 4 N–H and O–H groups in total. The van der Waals surface area contributed by atoms with Crippen LogP contribution in [0.3, 0.4) is 0 Å². The molecule has 0 bridgehead atoms. The molecule has 0 fully saturated rings. The van der Waals surface area contributed by atoms with Crippen molar-refractivity contribution in [3.8, 4) is 0 Å². The molecule has 0 aliphatic rings. The van der Waals surface area contributed by atoms with Gasteiger partial charge in [-0.25, -0.2) is 0 Å². The van der Waals surface area contributed by atoms with Crippen molar-refractivity contribution >= 4 is 18.3 Å². The molecule has 16 heteroatoms. The van der Waals surface area contributed by atoms with Crippen molar-refractivity contribution in [2.45, 2.75) is 0 Å². The third kappa shape index (κ3) is 208. The molecule has 0 aromatic heterocycles. The van der Waals surface area contributed by atoms with Crippen LogP contribution in [0.4, 0.5) is 0 Å². The van der Waals surface area contributed by atoms with E-state index < -0.39 is 31.6 Å². The van der Waals surface area contributed by atoms with Crippen molar-refractivity contribution in [1.29, 1.82) is 0 Å². The molecule has 0 amide bonds. The summed E-state index contributed by atoms with van der Waals surface area (Å²) in [5.41, 5.74) is 0. The maximum absolute atomic E-state index is 8.99. The quantitative estimate of drug-likeness (QED) is 0.303. The Morgan fingerprint density at radius 3 is 0.850 bits per heavy atom. The van der Waals surface area contributed by atoms with E-state index in [1.165, 1.54) is 0 Å². The minimum absolute atomic E-state index is 0. The van der Waals surface area contributed by atoms with Gasteiger partial charge in [0.25, 0.3) is 0 Å². The average molecular weight is 433 g/mol. The number of hydrogen-bond donors (Lipinski definition) is 4. The molecule has 0 radical (unpaired) electrons. The molecule has 0 aliphatic carbocycles. The van der Waals surface area contributed by atoms with E-state index in [2.05, 4.69) is 0 Å². The maximum Gasteiger partial charge on any atom is 1.00 e. The minimum Gasteiger partial charge on any atom is -0.855 e. The van der Waals surface area contributed by atoms with Gasteiger partial charge in [0.1, 0.15) is 0 Å². The molecular weight excluding hydrogens is 421 g/mol. The monoisotopic (exact) mass is 432 g/mol. The summed E-state index contributed by atoms with van der Waals surface area (Å²) in [6, 6.07) is 0. The molecular formula is C4H12K4O10Si2. The van der Waals surface area contributed by atoms with Gasteiger partial charge < -0.3 is 44.1 Å². The molecule has 0 heterocycles. The molecule has 20 heavy (non-hydrogen) atoms. The van der Waals surface area contributed by atoms with E-state index in [0.29, 0.717) is 0 Å². The SMILES string of the molecule is O=[Si](O)O.O=[Si]([O-])[O-].OCCO.[K+].[K+].[K+].[K+].[O-]CC[O-]. The van der Waals surface area contributed by atoms with Crippen LogP contribution in [-0.4, -0.2) is 64.6 Å². The molecule has 0 spiro atoms. The van der Waals surface area contributed by atoms with Crippen molar-refractivity contribution in [3.05, 3.63) is 0 Å². The Hall–Kier alpha value is 5.62. The maximum atomic E-state index is 8.99. The Balaban J connectivity index is -0.0000000150. The normalized spacial score (nSPS) is 5.40. The van der Waals surface area contributed by atoms with E-state index in [1.807, 2.05) is 0 Å². The first-order chi connectivity index (χ1) is 7.29. The summed E-state index contributed by atoms with van der Waals surface area (Å²) in [6.07, 6.45) is 0. The van der Waals surface area contributed by atoms with Crippen LogP contribution in [0.5, 0.6) is 0 Å². The Morgan fingerprint density at radius 1 is 0.750 bits per heavy atom. The third-order valence-corrected chi connectivity index (χ3v) is 0.183. The standard InChI is InChI=1S/C2H6O2.C2H4O2.4K.H2O3Si.O3Si/c2*3-1-2-4;;;;;2*1-4(2)3/h3-4H,1-2H2;1-2H2;;;;;1-2H;/q;-2;4*+1;;-2. The Labute approximate surface area is 290 Å². The fourth-order valence-electron chi connectivity index (χ4n) is 0. The molecule has 100 valence electrons. The van der Waals surface area contributed by atoms with E-state index in [1.54, 1.807) is 0 Å². The zero-order chi connectivity index (χ0) is 14.0. The molecule has 0 rings (SSSR count). The Morgan fingerprint density at radius 2 is 0.850 bits per heavy atom. The van der Waals surface area contributed by atoms with Gasteiger partial charge in [-0.3, -0.25) is 4.46 Å². The predicted octanol–water partition coefficient (Wildman–Crippen LogP) is -19.8. The fraction of sp³-hybridized carbons (Fsp3) is 1.00. The summed E-state index contributed by atoms with van der Waals surface area (Å²) < 4.78 is 17.3. The summed E-state index contributed by atoms with van der Waals surface area (Å²) in [5.74, 6) is 0. The van der Waals surface area contributed by atoms with Gasteiger partial charge in [0.2, 0.25) is 0 Å². The molecule has 0 atom stereocenters. The van der Waals surface area contributed by atoms with Gasteiger partial charge in [-0.15, -0.1) is 0 Å². The van der Waals surface area contributed by atoms with Crippen molar-refractivity contribution in [1.82, 2.24) is 0 Å². The molecule has 0 unspecified atom stereocenters. The van der Waals surface area contributed by atoms with Gasteiger partial charge >= 0.3 is 215 Å². The van der Waals surface area contributed by atoms with E-state index in [0.717, 1.165) is 0 Å². The van der Waals surface area contributed by atoms with Gasteiger partial charge in [-0.05, 0) is 0 Å². The minimum atomic E-state index is -3.63. The van der Waals surface area contributed by atoms with Crippen LogP contribution >= 0.6 is 0 Å². The zero-order valence-corrected chi connectivity index (χ0v) is 26.6. The van der Waals surface area contributed by atoms with Crippen molar-refractivity contribution in [2.75, 3.05) is 26.4 Å². The van der Waals surface area contributed by atoms with Gasteiger partial charge in [0, 0.05) is 9.17 Å². The summed E-state index contributed by atoms with van der Waals surface area (Å²) in [6.45, 7) is -1.22. The number of aliphatic hydroxyl groups is 2. The second kappa shape index (κ2) is 56.3. The first-order valence-corrected chi connectivity index (χ1v) is 6.00. The number of rotatable bonds is 2. The predicted molar refractivity (Wildman–Crippen MR) is 41.2 cm³/mol. The van der Waals surface area contributed by atoms with Crippen LogP contribution in [0.25, 0.3) is 0 Å². The average Bonchev–Trinajstić information content (AvgIpc) is 2.16. The molecule has 0 aliphatic heterocycles. The first kappa shape index (κ1) is 50.0. The Bertz CT molecular complexity index is 127. The van der Waals surface area contributed by atoms with Crippen molar-refractivity contribution < 1.29 is 254 Å². The fourth-order valence-corrected chi connectivity index (χ4v) is 0. The van der Waals surface area contributed by atoms with Gasteiger partial charge in [0.15, 0.2) is 0 Å². The number of aliphatic hydroxyl groups excluding tert-OH is 2. The third-order valence-electron chi connectivity index (χ3n) is 0.183. The molecule has 0 saturated carbocycles.